The second kappa shape index (κ2) is 6.09. The van der Waals surface area contributed by atoms with E-state index in [0.717, 1.165) is 25.4 Å². The average molecular weight is 233 g/mol. The van der Waals surface area contributed by atoms with E-state index >= 15 is 0 Å². The van der Waals surface area contributed by atoms with Gasteiger partial charge in [0, 0.05) is 11.8 Å². The van der Waals surface area contributed by atoms with Gasteiger partial charge >= 0.3 is 0 Å². The van der Waals surface area contributed by atoms with Gasteiger partial charge in [-0.2, -0.15) is 11.8 Å². The van der Waals surface area contributed by atoms with Crippen LogP contribution in [0, 0.1) is 0 Å². The molecule has 0 aliphatic carbocycles. The molecule has 1 heterocycles. The second-order valence-corrected chi connectivity index (χ2v) is 5.36. The van der Waals surface area contributed by atoms with Gasteiger partial charge in [-0.15, -0.1) is 0 Å². The van der Waals surface area contributed by atoms with Gasteiger partial charge in [-0.3, -0.25) is 0 Å². The first-order valence-electron chi connectivity index (χ1n) is 5.60. The Labute approximate surface area is 97.3 Å². The minimum atomic E-state index is -0.403. The molecule has 0 spiro atoms. The number of nitrogens with one attached hydrogen (secondary N) is 1. The van der Waals surface area contributed by atoms with E-state index in [4.69, 9.17) is 9.47 Å². The summed E-state index contributed by atoms with van der Waals surface area (Å²) in [6.45, 7) is 7.63. The molecule has 1 atom stereocenters. The zero-order chi connectivity index (χ0) is 11.3. The van der Waals surface area contributed by atoms with E-state index in [9.17, 15) is 0 Å². The fourth-order valence-corrected chi connectivity index (χ4v) is 2.34. The Balaban J connectivity index is 2.28. The number of ether oxygens (including phenoxy) is 2. The van der Waals surface area contributed by atoms with E-state index in [1.807, 2.05) is 25.6 Å². The Bertz CT molecular complexity index is 177. The Morgan fingerprint density at radius 1 is 1.40 bits per heavy atom. The molecule has 0 bridgehead atoms. The lowest BCUT2D eigenvalue weighted by atomic mass is 10.2. The quantitative estimate of drug-likeness (QED) is 0.785. The van der Waals surface area contributed by atoms with Crippen LogP contribution >= 0.6 is 11.8 Å². The van der Waals surface area contributed by atoms with Crippen LogP contribution in [0.2, 0.25) is 0 Å². The molecule has 1 unspecified atom stereocenters. The highest BCUT2D eigenvalue weighted by Crippen LogP contribution is 2.17. The van der Waals surface area contributed by atoms with Gasteiger partial charge in [0.1, 0.15) is 0 Å². The summed E-state index contributed by atoms with van der Waals surface area (Å²) in [6.07, 6.45) is 3.29. The molecule has 0 radical (unpaired) electrons. The minimum Gasteiger partial charge on any atom is -0.349 e. The molecule has 1 N–H and O–H groups in total. The number of hydrogen-bond donors (Lipinski definition) is 1. The molecule has 0 amide bonds. The van der Waals surface area contributed by atoms with Crippen LogP contribution in [0.3, 0.4) is 0 Å². The summed E-state index contributed by atoms with van der Waals surface area (Å²) in [5, 5.41) is 3.57. The van der Waals surface area contributed by atoms with Crippen molar-refractivity contribution in [3.63, 3.8) is 0 Å². The zero-order valence-electron chi connectivity index (χ0n) is 10.2. The Morgan fingerprint density at radius 3 is 2.47 bits per heavy atom. The molecular formula is C11H23NO2S. The van der Waals surface area contributed by atoms with Gasteiger partial charge in [-0.05, 0) is 26.5 Å². The summed E-state index contributed by atoms with van der Waals surface area (Å²) in [5.41, 5.74) is 0. The minimum absolute atomic E-state index is 0.343. The van der Waals surface area contributed by atoms with Crippen LogP contribution in [0.4, 0.5) is 0 Å². The van der Waals surface area contributed by atoms with Crippen LogP contribution < -0.4 is 5.32 Å². The van der Waals surface area contributed by atoms with Crippen molar-refractivity contribution in [1.29, 1.82) is 0 Å². The van der Waals surface area contributed by atoms with Gasteiger partial charge in [-0.25, -0.2) is 0 Å². The summed E-state index contributed by atoms with van der Waals surface area (Å²) < 4.78 is 11.2. The predicted octanol–water partition coefficient (Wildman–Crippen LogP) is 1.87. The van der Waals surface area contributed by atoms with Crippen LogP contribution in [0.5, 0.6) is 0 Å². The van der Waals surface area contributed by atoms with Gasteiger partial charge < -0.3 is 14.8 Å². The summed E-state index contributed by atoms with van der Waals surface area (Å²) >= 11 is 1.88. The molecule has 0 aromatic heterocycles. The van der Waals surface area contributed by atoms with Crippen molar-refractivity contribution >= 4 is 11.8 Å². The molecule has 1 aliphatic heterocycles. The molecule has 1 fully saturated rings. The molecule has 1 rings (SSSR count). The van der Waals surface area contributed by atoms with Crippen LogP contribution in [0.15, 0.2) is 0 Å². The summed E-state index contributed by atoms with van der Waals surface area (Å²) in [4.78, 5) is 0. The maximum atomic E-state index is 5.61. The van der Waals surface area contributed by atoms with E-state index < -0.39 is 5.79 Å². The molecule has 1 saturated heterocycles. The number of thioether (sulfide) groups is 1. The summed E-state index contributed by atoms with van der Waals surface area (Å²) in [6, 6.07) is 0.911. The topological polar surface area (TPSA) is 30.5 Å². The van der Waals surface area contributed by atoms with Gasteiger partial charge in [0.2, 0.25) is 0 Å². The van der Waals surface area contributed by atoms with E-state index in [1.54, 1.807) is 0 Å². The van der Waals surface area contributed by atoms with Crippen molar-refractivity contribution in [3.05, 3.63) is 0 Å². The van der Waals surface area contributed by atoms with Gasteiger partial charge in [-0.1, -0.05) is 6.92 Å². The van der Waals surface area contributed by atoms with E-state index in [1.165, 1.54) is 0 Å². The normalized spacial score (nSPS) is 24.0. The lowest BCUT2D eigenvalue weighted by molar-refractivity contribution is -0.253. The van der Waals surface area contributed by atoms with Gasteiger partial charge in [0.15, 0.2) is 5.79 Å². The van der Waals surface area contributed by atoms with Crippen molar-refractivity contribution in [1.82, 2.24) is 5.32 Å². The molecular weight excluding hydrogens is 210 g/mol. The fourth-order valence-electron chi connectivity index (χ4n) is 1.61. The molecule has 3 nitrogen and oxygen atoms in total. The van der Waals surface area contributed by atoms with E-state index in [0.29, 0.717) is 12.1 Å². The highest BCUT2D eigenvalue weighted by atomic mass is 32.2. The molecule has 0 aromatic carbocycles. The first-order chi connectivity index (χ1) is 7.07. The van der Waals surface area contributed by atoms with Crippen molar-refractivity contribution in [2.75, 3.05) is 25.2 Å². The third kappa shape index (κ3) is 4.72. The van der Waals surface area contributed by atoms with Crippen LogP contribution in [-0.2, 0) is 9.47 Å². The number of rotatable bonds is 5. The van der Waals surface area contributed by atoms with Gasteiger partial charge in [0.25, 0.3) is 0 Å². The Kier molecular flexibility index (Phi) is 5.39. The molecule has 90 valence electrons. The smallest absolute Gasteiger partial charge is 0.162 e. The van der Waals surface area contributed by atoms with Crippen molar-refractivity contribution in [3.8, 4) is 0 Å². The standard InChI is InChI=1S/C11H23NO2S/c1-5-9(8-15-4)12-10-6-13-11(2,3)14-7-10/h9-10,12H,5-8H2,1-4H3. The molecule has 4 heteroatoms. The fraction of sp³-hybridized carbons (Fsp3) is 1.00. The first kappa shape index (κ1) is 13.3. The second-order valence-electron chi connectivity index (χ2n) is 4.45. The maximum absolute atomic E-state index is 5.61. The number of hydrogen-bond acceptors (Lipinski definition) is 4. The third-order valence-electron chi connectivity index (χ3n) is 2.60. The lowest BCUT2D eigenvalue weighted by Crippen LogP contribution is -2.51. The highest BCUT2D eigenvalue weighted by Gasteiger charge is 2.28. The van der Waals surface area contributed by atoms with Crippen molar-refractivity contribution in [2.45, 2.75) is 45.1 Å². The molecule has 1 aliphatic rings. The van der Waals surface area contributed by atoms with E-state index in [2.05, 4.69) is 18.5 Å². The SMILES string of the molecule is CCC(CSC)NC1COC(C)(C)OC1. The van der Waals surface area contributed by atoms with Crippen LogP contribution in [0.1, 0.15) is 27.2 Å². The Morgan fingerprint density at radius 2 is 2.00 bits per heavy atom. The monoisotopic (exact) mass is 233 g/mol. The lowest BCUT2D eigenvalue weighted by Gasteiger charge is -2.36. The van der Waals surface area contributed by atoms with Gasteiger partial charge in [0.05, 0.1) is 19.3 Å². The Hall–Kier alpha value is 0.230. The summed E-state index contributed by atoms with van der Waals surface area (Å²) in [5.74, 6) is 0.746. The maximum Gasteiger partial charge on any atom is 0.162 e. The van der Waals surface area contributed by atoms with Crippen LogP contribution in [0.25, 0.3) is 0 Å². The van der Waals surface area contributed by atoms with Crippen LogP contribution in [-0.4, -0.2) is 43.1 Å². The highest BCUT2D eigenvalue weighted by molar-refractivity contribution is 7.98. The van der Waals surface area contributed by atoms with E-state index in [-0.39, 0.29) is 0 Å². The molecule has 0 saturated carbocycles. The zero-order valence-corrected chi connectivity index (χ0v) is 11.0. The largest absolute Gasteiger partial charge is 0.349 e. The first-order valence-corrected chi connectivity index (χ1v) is 6.99. The summed E-state index contributed by atoms with van der Waals surface area (Å²) in [7, 11) is 0. The predicted molar refractivity (Wildman–Crippen MR) is 65.4 cm³/mol. The third-order valence-corrected chi connectivity index (χ3v) is 3.33. The molecule has 15 heavy (non-hydrogen) atoms. The van der Waals surface area contributed by atoms with Crippen molar-refractivity contribution in [2.24, 2.45) is 0 Å². The van der Waals surface area contributed by atoms with Crippen molar-refractivity contribution < 1.29 is 9.47 Å². The molecule has 0 aromatic rings. The average Bonchev–Trinajstić information content (AvgIpc) is 2.20.